The molecule has 2 atom stereocenters. The van der Waals surface area contributed by atoms with Crippen molar-refractivity contribution < 1.29 is 19.1 Å². The number of benzene rings is 2. The molecule has 9 nitrogen and oxygen atoms in total. The van der Waals surface area contributed by atoms with Crippen LogP contribution in [0.15, 0.2) is 53.3 Å². The van der Waals surface area contributed by atoms with E-state index in [0.29, 0.717) is 36.2 Å². The summed E-state index contributed by atoms with van der Waals surface area (Å²) in [6, 6.07) is 14.7. The molecule has 1 fully saturated rings. The molecule has 9 heteroatoms. The van der Waals surface area contributed by atoms with Gasteiger partial charge >= 0.3 is 0 Å². The first-order chi connectivity index (χ1) is 17.8. The van der Waals surface area contributed by atoms with Crippen molar-refractivity contribution in [2.45, 2.75) is 39.4 Å². The second kappa shape index (κ2) is 11.6. The number of H-pyrrole nitrogens is 1. The maximum Gasteiger partial charge on any atom is 0.272 e. The molecule has 196 valence electrons. The van der Waals surface area contributed by atoms with Crippen molar-refractivity contribution in [1.82, 2.24) is 20.0 Å². The van der Waals surface area contributed by atoms with Crippen LogP contribution < -0.4 is 10.3 Å². The molecule has 1 N–H and O–H groups in total. The van der Waals surface area contributed by atoms with Crippen LogP contribution in [0.3, 0.4) is 0 Å². The van der Waals surface area contributed by atoms with E-state index >= 15 is 0 Å². The van der Waals surface area contributed by atoms with Crippen LogP contribution in [0.25, 0.3) is 10.8 Å². The molecule has 0 saturated carbocycles. The minimum atomic E-state index is -0.662. The zero-order chi connectivity index (χ0) is 26.5. The Kier molecular flexibility index (Phi) is 8.23. The summed E-state index contributed by atoms with van der Waals surface area (Å²) in [5.41, 5.74) is 1.12. The molecule has 2 heterocycles. The Labute approximate surface area is 216 Å². The van der Waals surface area contributed by atoms with Gasteiger partial charge in [0.05, 0.1) is 43.4 Å². The first kappa shape index (κ1) is 26.3. The third-order valence-corrected chi connectivity index (χ3v) is 6.55. The van der Waals surface area contributed by atoms with Crippen molar-refractivity contribution in [2.75, 3.05) is 33.3 Å². The van der Waals surface area contributed by atoms with Gasteiger partial charge in [0.25, 0.3) is 5.56 Å². The van der Waals surface area contributed by atoms with Gasteiger partial charge in [-0.3, -0.25) is 14.4 Å². The molecule has 1 aromatic heterocycles. The average molecular weight is 507 g/mol. The Morgan fingerprint density at radius 1 is 1.08 bits per heavy atom. The molecule has 3 aromatic rings. The fourth-order valence-electron chi connectivity index (χ4n) is 4.70. The Hall–Kier alpha value is -3.72. The summed E-state index contributed by atoms with van der Waals surface area (Å²) in [5, 5.41) is 7.81. The maximum absolute atomic E-state index is 13.7. The Balaban J connectivity index is 1.57. The Morgan fingerprint density at radius 2 is 1.84 bits per heavy atom. The van der Waals surface area contributed by atoms with Gasteiger partial charge in [0.15, 0.2) is 0 Å². The molecule has 1 aliphatic heterocycles. The number of hydrogen-bond acceptors (Lipinski definition) is 6. The topological polar surface area (TPSA) is 105 Å². The molecule has 2 unspecified atom stereocenters. The van der Waals surface area contributed by atoms with Gasteiger partial charge < -0.3 is 19.3 Å². The van der Waals surface area contributed by atoms with Crippen LogP contribution >= 0.6 is 0 Å². The predicted molar refractivity (Wildman–Crippen MR) is 140 cm³/mol. The standard InChI is InChI=1S/C28H34N4O5/c1-18(2)13-31-14-22(37-17-20-8-7-9-21(12-20)36-4)15-32(16-25(31)33)28(35)19(3)26-23-10-5-6-11-24(23)27(34)30-29-26/h5-12,18-19,22H,13-17H2,1-4H3,(H,30,34). The molecule has 0 bridgehead atoms. The summed E-state index contributed by atoms with van der Waals surface area (Å²) in [7, 11) is 1.62. The summed E-state index contributed by atoms with van der Waals surface area (Å²) in [5.74, 6) is 0.0105. The van der Waals surface area contributed by atoms with Crippen LogP contribution in [0.4, 0.5) is 0 Å². The van der Waals surface area contributed by atoms with E-state index in [1.165, 1.54) is 0 Å². The van der Waals surface area contributed by atoms with Gasteiger partial charge in [-0.2, -0.15) is 5.10 Å². The van der Waals surface area contributed by atoms with Gasteiger partial charge in [0.2, 0.25) is 11.8 Å². The summed E-state index contributed by atoms with van der Waals surface area (Å²) in [4.78, 5) is 42.5. The van der Waals surface area contributed by atoms with Crippen molar-refractivity contribution in [1.29, 1.82) is 0 Å². The number of aromatic nitrogens is 2. The zero-order valence-electron chi connectivity index (χ0n) is 21.8. The highest BCUT2D eigenvalue weighted by Crippen LogP contribution is 2.24. The second-order valence-electron chi connectivity index (χ2n) is 9.90. The van der Waals surface area contributed by atoms with Gasteiger partial charge in [0, 0.05) is 25.0 Å². The molecule has 0 aliphatic carbocycles. The van der Waals surface area contributed by atoms with Gasteiger partial charge in [-0.15, -0.1) is 0 Å². The van der Waals surface area contributed by atoms with Crippen LogP contribution in [0, 0.1) is 5.92 Å². The molecule has 1 saturated heterocycles. The van der Waals surface area contributed by atoms with Gasteiger partial charge in [-0.05, 0) is 36.6 Å². The average Bonchev–Trinajstić information content (AvgIpc) is 3.05. The van der Waals surface area contributed by atoms with Crippen molar-refractivity contribution >= 4 is 22.6 Å². The van der Waals surface area contributed by atoms with E-state index in [-0.39, 0.29) is 42.5 Å². The lowest BCUT2D eigenvalue weighted by Crippen LogP contribution is -2.42. The van der Waals surface area contributed by atoms with Crippen LogP contribution in [0.5, 0.6) is 5.75 Å². The van der Waals surface area contributed by atoms with Gasteiger partial charge in [-0.25, -0.2) is 5.10 Å². The second-order valence-corrected chi connectivity index (χ2v) is 9.90. The molecule has 2 amide bonds. The molecule has 37 heavy (non-hydrogen) atoms. The largest absolute Gasteiger partial charge is 0.497 e. The number of ether oxygens (including phenoxy) is 2. The quantitative estimate of drug-likeness (QED) is 0.504. The van der Waals surface area contributed by atoms with E-state index in [2.05, 4.69) is 24.0 Å². The van der Waals surface area contributed by atoms with E-state index in [0.717, 1.165) is 11.3 Å². The maximum atomic E-state index is 13.7. The third kappa shape index (κ3) is 6.17. The van der Waals surface area contributed by atoms with Crippen LogP contribution in [0.1, 0.15) is 37.9 Å². The highest BCUT2D eigenvalue weighted by molar-refractivity contribution is 5.93. The van der Waals surface area contributed by atoms with E-state index in [1.54, 1.807) is 42.0 Å². The number of aromatic amines is 1. The smallest absolute Gasteiger partial charge is 0.272 e. The SMILES string of the molecule is COc1cccc(COC2CN(CC(C)C)C(=O)CN(C(=O)C(C)c3n[nH]c(=O)c4ccccc34)C2)c1. The van der Waals surface area contributed by atoms with Crippen LogP contribution in [-0.2, 0) is 20.9 Å². The fourth-order valence-corrected chi connectivity index (χ4v) is 4.70. The van der Waals surface area contributed by atoms with Crippen molar-refractivity contribution in [3.63, 3.8) is 0 Å². The molecule has 0 spiro atoms. The molecule has 1 aliphatic rings. The highest BCUT2D eigenvalue weighted by Gasteiger charge is 2.34. The van der Waals surface area contributed by atoms with E-state index in [1.807, 2.05) is 30.3 Å². The lowest BCUT2D eigenvalue weighted by Gasteiger charge is -2.26. The summed E-state index contributed by atoms with van der Waals surface area (Å²) in [6.07, 6.45) is -0.368. The van der Waals surface area contributed by atoms with Crippen molar-refractivity contribution in [3.8, 4) is 5.75 Å². The normalized spacial score (nSPS) is 17.2. The highest BCUT2D eigenvalue weighted by atomic mass is 16.5. The molecule has 0 radical (unpaired) electrons. The molecular weight excluding hydrogens is 472 g/mol. The Morgan fingerprint density at radius 3 is 2.57 bits per heavy atom. The number of carbonyl (C=O) groups is 2. The lowest BCUT2D eigenvalue weighted by atomic mass is 10.00. The molecular formula is C28H34N4O5. The number of amides is 2. The first-order valence-corrected chi connectivity index (χ1v) is 12.5. The summed E-state index contributed by atoms with van der Waals surface area (Å²) in [6.45, 7) is 7.42. The minimum Gasteiger partial charge on any atom is -0.497 e. The van der Waals surface area contributed by atoms with Gasteiger partial charge in [0.1, 0.15) is 5.75 Å². The number of hydrogen-bond donors (Lipinski definition) is 1. The number of nitrogens with zero attached hydrogens (tertiary/aromatic N) is 3. The number of carbonyl (C=O) groups excluding carboxylic acids is 2. The number of rotatable bonds is 8. The van der Waals surface area contributed by atoms with E-state index in [4.69, 9.17) is 9.47 Å². The van der Waals surface area contributed by atoms with Gasteiger partial charge in [-0.1, -0.05) is 44.2 Å². The number of fused-ring (bicyclic) bond motifs is 1. The van der Waals surface area contributed by atoms with E-state index in [9.17, 15) is 14.4 Å². The Bertz CT molecular complexity index is 1320. The third-order valence-electron chi connectivity index (χ3n) is 6.55. The number of methoxy groups -OCH3 is 1. The fraction of sp³-hybridized carbons (Fsp3) is 0.429. The number of nitrogens with one attached hydrogen (secondary N) is 1. The monoisotopic (exact) mass is 506 g/mol. The molecule has 4 rings (SSSR count). The van der Waals surface area contributed by atoms with E-state index < -0.39 is 5.92 Å². The van der Waals surface area contributed by atoms with Crippen molar-refractivity contribution in [3.05, 3.63) is 70.1 Å². The lowest BCUT2D eigenvalue weighted by molar-refractivity contribution is -0.139. The first-order valence-electron chi connectivity index (χ1n) is 12.5. The minimum absolute atomic E-state index is 0.0315. The van der Waals surface area contributed by atoms with Crippen LogP contribution in [-0.4, -0.2) is 71.2 Å². The summed E-state index contributed by atoms with van der Waals surface area (Å²) >= 11 is 0. The zero-order valence-corrected chi connectivity index (χ0v) is 21.8. The summed E-state index contributed by atoms with van der Waals surface area (Å²) < 4.78 is 11.6. The predicted octanol–water partition coefficient (Wildman–Crippen LogP) is 2.95. The van der Waals surface area contributed by atoms with Crippen LogP contribution in [0.2, 0.25) is 0 Å². The molecule has 2 aromatic carbocycles. The van der Waals surface area contributed by atoms with Crippen molar-refractivity contribution in [2.24, 2.45) is 5.92 Å².